The molecule has 0 aromatic carbocycles. The van der Waals surface area contributed by atoms with Crippen LogP contribution in [0.4, 0.5) is 0 Å². The van der Waals surface area contributed by atoms with Crippen molar-refractivity contribution in [3.8, 4) is 0 Å². The van der Waals surface area contributed by atoms with Gasteiger partial charge in [0.25, 0.3) is 0 Å². The van der Waals surface area contributed by atoms with Crippen LogP contribution < -0.4 is 5.32 Å². The first-order chi connectivity index (χ1) is 17.8. The smallest absolute Gasteiger partial charge is 0.220 e. The first-order valence-electron chi connectivity index (χ1n) is 15.6. The number of amidine groups is 1. The lowest BCUT2D eigenvalue weighted by Gasteiger charge is -2.20. The molecule has 0 aromatic rings. The number of nitrogens with zero attached hydrogens (tertiary/aromatic N) is 2. The number of amides is 1. The predicted molar refractivity (Wildman–Crippen MR) is 159 cm³/mol. The van der Waals surface area contributed by atoms with Gasteiger partial charge in [-0.15, -0.1) is 0 Å². The van der Waals surface area contributed by atoms with Crippen molar-refractivity contribution in [2.24, 2.45) is 4.99 Å². The molecule has 1 amide bonds. The van der Waals surface area contributed by atoms with Gasteiger partial charge in [-0.1, -0.05) is 102 Å². The lowest BCUT2D eigenvalue weighted by atomic mass is 10.1. The van der Waals surface area contributed by atoms with Crippen LogP contribution in [0.2, 0.25) is 0 Å². The van der Waals surface area contributed by atoms with Crippen molar-refractivity contribution in [1.29, 1.82) is 0 Å². The molecule has 4 heteroatoms. The molecule has 1 rings (SSSR count). The Labute approximate surface area is 224 Å². The molecular weight excluding hydrogens is 442 g/mol. The van der Waals surface area contributed by atoms with E-state index >= 15 is 0 Å². The second-order valence-electron chi connectivity index (χ2n) is 10.5. The Morgan fingerprint density at radius 3 is 1.89 bits per heavy atom. The summed E-state index contributed by atoms with van der Waals surface area (Å²) in [5.41, 5.74) is 0. The normalized spacial score (nSPS) is 13.8. The van der Waals surface area contributed by atoms with E-state index in [0.717, 1.165) is 39.0 Å². The van der Waals surface area contributed by atoms with Gasteiger partial charge in [-0.05, 0) is 51.4 Å². The van der Waals surface area contributed by atoms with Crippen LogP contribution in [0.15, 0.2) is 29.3 Å². The van der Waals surface area contributed by atoms with E-state index in [1.807, 2.05) is 0 Å². The molecule has 0 radical (unpaired) electrons. The Kier molecular flexibility index (Phi) is 22.6. The first kappa shape index (κ1) is 32.4. The summed E-state index contributed by atoms with van der Waals surface area (Å²) < 4.78 is 0. The maximum Gasteiger partial charge on any atom is 0.220 e. The van der Waals surface area contributed by atoms with Crippen molar-refractivity contribution in [2.45, 2.75) is 142 Å². The van der Waals surface area contributed by atoms with E-state index in [1.54, 1.807) is 0 Å². The van der Waals surface area contributed by atoms with Crippen LogP contribution in [0.3, 0.4) is 0 Å². The Balaban J connectivity index is 1.94. The average molecular weight is 502 g/mol. The largest absolute Gasteiger partial charge is 0.357 e. The summed E-state index contributed by atoms with van der Waals surface area (Å²) in [6.07, 6.45) is 33.9. The quantitative estimate of drug-likeness (QED) is 0.100. The minimum Gasteiger partial charge on any atom is -0.357 e. The molecule has 1 aliphatic heterocycles. The number of allylic oxidation sites excluding steroid dienone is 4. The second-order valence-corrected chi connectivity index (χ2v) is 10.5. The van der Waals surface area contributed by atoms with Gasteiger partial charge < -0.3 is 10.2 Å². The number of aliphatic imine (C=N–C) groups is 1. The highest BCUT2D eigenvalue weighted by molar-refractivity contribution is 5.83. The molecule has 1 aliphatic rings. The summed E-state index contributed by atoms with van der Waals surface area (Å²) in [4.78, 5) is 19.3. The predicted octanol–water partition coefficient (Wildman–Crippen LogP) is 8.77. The van der Waals surface area contributed by atoms with E-state index in [9.17, 15) is 4.79 Å². The number of hydrogen-bond donors (Lipinski definition) is 1. The molecule has 4 nitrogen and oxygen atoms in total. The number of unbranched alkanes of at least 4 members (excludes halogenated alkanes) is 14. The van der Waals surface area contributed by atoms with E-state index in [-0.39, 0.29) is 5.91 Å². The van der Waals surface area contributed by atoms with Crippen LogP contribution in [0.1, 0.15) is 142 Å². The van der Waals surface area contributed by atoms with Crippen LogP contribution in [0.25, 0.3) is 0 Å². The van der Waals surface area contributed by atoms with Gasteiger partial charge in [0, 0.05) is 32.5 Å². The molecule has 0 bridgehead atoms. The number of nitrogens with one attached hydrogen (secondary N) is 1. The molecule has 0 saturated carbocycles. The Morgan fingerprint density at radius 1 is 0.750 bits per heavy atom. The standard InChI is InChI=1S/C32H59N3O/c1-3-5-7-9-11-13-15-17-19-21-23-25-31-33-27-29-35(31)30-28-34-32(36)26-24-22-20-18-16-14-12-10-8-6-4-2/h9-12H,3-8,13-30H2,1-2H3,(H,34,36). The Hall–Kier alpha value is -1.58. The van der Waals surface area contributed by atoms with Crippen molar-refractivity contribution in [2.75, 3.05) is 26.2 Å². The van der Waals surface area contributed by atoms with Crippen molar-refractivity contribution >= 4 is 11.7 Å². The lowest BCUT2D eigenvalue weighted by Crippen LogP contribution is -2.36. The van der Waals surface area contributed by atoms with Crippen LogP contribution in [-0.4, -0.2) is 42.8 Å². The van der Waals surface area contributed by atoms with Gasteiger partial charge in [0.1, 0.15) is 0 Å². The van der Waals surface area contributed by atoms with Gasteiger partial charge in [-0.25, -0.2) is 0 Å². The average Bonchev–Trinajstić information content (AvgIpc) is 3.33. The van der Waals surface area contributed by atoms with E-state index in [1.165, 1.54) is 115 Å². The molecule has 1 N–H and O–H groups in total. The Bertz CT molecular complexity index is 596. The monoisotopic (exact) mass is 501 g/mol. The van der Waals surface area contributed by atoms with Crippen molar-refractivity contribution in [3.05, 3.63) is 24.3 Å². The lowest BCUT2D eigenvalue weighted by molar-refractivity contribution is -0.121. The SMILES string of the molecule is CCCCC=CCCCCCCCC(=O)NCCN1CCN=C1CCCCCCCC=CCCCC. The summed E-state index contributed by atoms with van der Waals surface area (Å²) in [6, 6.07) is 0. The zero-order valence-electron chi connectivity index (χ0n) is 24.1. The minimum atomic E-state index is 0.215. The number of carbonyl (C=O) groups excluding carboxylic acids is 1. The first-order valence-corrected chi connectivity index (χ1v) is 15.6. The van der Waals surface area contributed by atoms with Crippen LogP contribution in [0, 0.1) is 0 Å². The van der Waals surface area contributed by atoms with E-state index in [4.69, 9.17) is 4.99 Å². The molecule has 36 heavy (non-hydrogen) atoms. The fourth-order valence-corrected chi connectivity index (χ4v) is 4.69. The highest BCUT2D eigenvalue weighted by Crippen LogP contribution is 2.13. The zero-order chi connectivity index (χ0) is 25.9. The molecular formula is C32H59N3O. The third-order valence-corrected chi connectivity index (χ3v) is 7.06. The summed E-state index contributed by atoms with van der Waals surface area (Å²) in [6.45, 7) is 8.08. The molecule has 0 unspecified atom stereocenters. The molecule has 0 aromatic heterocycles. The minimum absolute atomic E-state index is 0.215. The summed E-state index contributed by atoms with van der Waals surface area (Å²) in [5, 5.41) is 3.13. The van der Waals surface area contributed by atoms with Gasteiger partial charge in [-0.2, -0.15) is 0 Å². The molecule has 208 valence electrons. The fourth-order valence-electron chi connectivity index (χ4n) is 4.69. The summed E-state index contributed by atoms with van der Waals surface area (Å²) in [5.74, 6) is 1.48. The molecule has 0 fully saturated rings. The number of rotatable bonds is 25. The van der Waals surface area contributed by atoms with E-state index in [2.05, 4.69) is 48.4 Å². The second kappa shape index (κ2) is 25.1. The van der Waals surface area contributed by atoms with E-state index < -0.39 is 0 Å². The van der Waals surface area contributed by atoms with Crippen LogP contribution in [-0.2, 0) is 4.79 Å². The molecule has 0 saturated heterocycles. The van der Waals surface area contributed by atoms with Gasteiger partial charge in [0.05, 0.1) is 12.4 Å². The molecule has 0 spiro atoms. The van der Waals surface area contributed by atoms with Gasteiger partial charge in [0.2, 0.25) is 5.91 Å². The highest BCUT2D eigenvalue weighted by Gasteiger charge is 2.16. The third-order valence-electron chi connectivity index (χ3n) is 7.06. The summed E-state index contributed by atoms with van der Waals surface area (Å²) >= 11 is 0. The van der Waals surface area contributed by atoms with Crippen LogP contribution in [0.5, 0.6) is 0 Å². The topological polar surface area (TPSA) is 44.7 Å². The maximum absolute atomic E-state index is 12.2. The van der Waals surface area contributed by atoms with Gasteiger partial charge in [0.15, 0.2) is 0 Å². The van der Waals surface area contributed by atoms with Crippen molar-refractivity contribution in [3.63, 3.8) is 0 Å². The fraction of sp³-hybridized carbons (Fsp3) is 0.812. The Morgan fingerprint density at radius 2 is 1.28 bits per heavy atom. The number of hydrogen-bond acceptors (Lipinski definition) is 3. The zero-order valence-corrected chi connectivity index (χ0v) is 24.1. The van der Waals surface area contributed by atoms with Crippen molar-refractivity contribution in [1.82, 2.24) is 10.2 Å². The summed E-state index contributed by atoms with van der Waals surface area (Å²) in [7, 11) is 0. The van der Waals surface area contributed by atoms with Crippen molar-refractivity contribution < 1.29 is 4.79 Å². The molecule has 0 aliphatic carbocycles. The van der Waals surface area contributed by atoms with Gasteiger partial charge in [-0.3, -0.25) is 9.79 Å². The van der Waals surface area contributed by atoms with Gasteiger partial charge >= 0.3 is 0 Å². The highest BCUT2D eigenvalue weighted by atomic mass is 16.1. The molecule has 0 atom stereocenters. The maximum atomic E-state index is 12.2. The molecule has 1 heterocycles. The van der Waals surface area contributed by atoms with Crippen LogP contribution >= 0.6 is 0 Å². The number of carbonyl (C=O) groups is 1. The third kappa shape index (κ3) is 19.6. The van der Waals surface area contributed by atoms with E-state index in [0.29, 0.717) is 6.42 Å².